The van der Waals surface area contributed by atoms with Crippen LogP contribution in [0, 0.1) is 5.82 Å². The van der Waals surface area contributed by atoms with Crippen molar-refractivity contribution in [3.63, 3.8) is 0 Å². The largest absolute Gasteiger partial charge is 0.489 e. The van der Waals surface area contributed by atoms with Gasteiger partial charge < -0.3 is 10.1 Å². The van der Waals surface area contributed by atoms with E-state index in [9.17, 15) is 4.39 Å². The van der Waals surface area contributed by atoms with Gasteiger partial charge in [-0.15, -0.1) is 0 Å². The van der Waals surface area contributed by atoms with E-state index in [1.54, 1.807) is 0 Å². The second-order valence-electron chi connectivity index (χ2n) is 6.00. The average molecular weight is 251 g/mol. The van der Waals surface area contributed by atoms with Gasteiger partial charge in [-0.3, -0.25) is 0 Å². The first kappa shape index (κ1) is 13.3. The Hall–Kier alpha value is -1.09. The summed E-state index contributed by atoms with van der Waals surface area (Å²) in [7, 11) is 0. The minimum absolute atomic E-state index is 0.0113. The van der Waals surface area contributed by atoms with Gasteiger partial charge in [0.1, 0.15) is 6.61 Å². The van der Waals surface area contributed by atoms with Gasteiger partial charge in [0, 0.05) is 6.04 Å². The van der Waals surface area contributed by atoms with Crippen LogP contribution in [-0.4, -0.2) is 19.2 Å². The molecular weight excluding hydrogens is 229 g/mol. The Morgan fingerprint density at radius 2 is 2.17 bits per heavy atom. The molecule has 1 fully saturated rings. The van der Waals surface area contributed by atoms with E-state index in [1.807, 2.05) is 12.1 Å². The van der Waals surface area contributed by atoms with Crippen molar-refractivity contribution < 1.29 is 9.13 Å². The second kappa shape index (κ2) is 5.27. The molecule has 1 aromatic carbocycles. The third-order valence-corrected chi connectivity index (χ3v) is 3.40. The summed E-state index contributed by atoms with van der Waals surface area (Å²) in [5.74, 6) is 0.0946. The maximum absolute atomic E-state index is 13.7. The summed E-state index contributed by atoms with van der Waals surface area (Å²) in [6, 6.07) is 5.51. The van der Waals surface area contributed by atoms with Crippen LogP contribution in [-0.2, 0) is 5.41 Å². The third kappa shape index (κ3) is 3.22. The van der Waals surface area contributed by atoms with E-state index in [1.165, 1.54) is 12.5 Å². The Balaban J connectivity index is 2.06. The fourth-order valence-corrected chi connectivity index (χ4v) is 2.17. The lowest BCUT2D eigenvalue weighted by molar-refractivity contribution is 0.264. The molecule has 1 saturated heterocycles. The van der Waals surface area contributed by atoms with E-state index < -0.39 is 0 Å². The van der Waals surface area contributed by atoms with Crippen LogP contribution in [0.4, 0.5) is 4.39 Å². The van der Waals surface area contributed by atoms with Crippen molar-refractivity contribution in [2.45, 2.75) is 45.1 Å². The van der Waals surface area contributed by atoms with Gasteiger partial charge in [-0.05, 0) is 42.5 Å². The summed E-state index contributed by atoms with van der Waals surface area (Å²) in [6.07, 6.45) is 2.29. The lowest BCUT2D eigenvalue weighted by Gasteiger charge is -2.20. The summed E-state index contributed by atoms with van der Waals surface area (Å²) in [5, 5.41) is 3.34. The fraction of sp³-hybridized carbons (Fsp3) is 0.600. The molecule has 1 aliphatic heterocycles. The van der Waals surface area contributed by atoms with Crippen LogP contribution < -0.4 is 10.1 Å². The van der Waals surface area contributed by atoms with Crippen LogP contribution in [0.2, 0.25) is 0 Å². The predicted molar refractivity (Wildman–Crippen MR) is 71.6 cm³/mol. The van der Waals surface area contributed by atoms with E-state index >= 15 is 0 Å². The number of halogens is 1. The fourth-order valence-electron chi connectivity index (χ4n) is 2.17. The quantitative estimate of drug-likeness (QED) is 0.890. The first-order valence-electron chi connectivity index (χ1n) is 6.63. The monoisotopic (exact) mass is 251 g/mol. The van der Waals surface area contributed by atoms with E-state index in [0.29, 0.717) is 18.4 Å². The summed E-state index contributed by atoms with van der Waals surface area (Å²) in [6.45, 7) is 7.93. The molecule has 0 spiro atoms. The van der Waals surface area contributed by atoms with E-state index in [0.717, 1.165) is 18.5 Å². The molecule has 2 rings (SSSR count). The van der Waals surface area contributed by atoms with Gasteiger partial charge in [0.2, 0.25) is 0 Å². The van der Waals surface area contributed by atoms with Crippen molar-refractivity contribution >= 4 is 0 Å². The van der Waals surface area contributed by atoms with Crippen molar-refractivity contribution in [1.82, 2.24) is 5.32 Å². The summed E-state index contributed by atoms with van der Waals surface area (Å²) < 4.78 is 19.3. The molecule has 0 amide bonds. The number of ether oxygens (including phenoxy) is 1. The third-order valence-electron chi connectivity index (χ3n) is 3.40. The number of rotatable bonds is 3. The molecule has 0 aromatic heterocycles. The molecule has 0 aliphatic carbocycles. The SMILES string of the molecule is CC(C)(C)c1ccc(F)c(OC[C@@H]2CCCN2)c1. The normalized spacial score (nSPS) is 20.1. The maximum atomic E-state index is 13.7. The standard InChI is InChI=1S/C15H22FNO/c1-15(2,3)11-6-7-13(16)14(9-11)18-10-12-5-4-8-17-12/h6-7,9,12,17H,4-5,8,10H2,1-3H3/t12-/m0/s1. The summed E-state index contributed by atoms with van der Waals surface area (Å²) in [5.41, 5.74) is 1.11. The number of hydrogen-bond acceptors (Lipinski definition) is 2. The van der Waals surface area contributed by atoms with Crippen LogP contribution in [0.3, 0.4) is 0 Å². The van der Waals surface area contributed by atoms with Crippen LogP contribution in [0.25, 0.3) is 0 Å². The molecule has 0 radical (unpaired) electrons. The van der Waals surface area contributed by atoms with Gasteiger partial charge in [0.05, 0.1) is 0 Å². The van der Waals surface area contributed by atoms with Gasteiger partial charge in [0.15, 0.2) is 11.6 Å². The van der Waals surface area contributed by atoms with Gasteiger partial charge in [-0.2, -0.15) is 0 Å². The minimum atomic E-state index is -0.277. The van der Waals surface area contributed by atoms with Crippen LogP contribution >= 0.6 is 0 Å². The highest BCUT2D eigenvalue weighted by molar-refractivity contribution is 5.34. The van der Waals surface area contributed by atoms with Crippen molar-refractivity contribution in [2.75, 3.05) is 13.2 Å². The second-order valence-corrected chi connectivity index (χ2v) is 6.00. The number of hydrogen-bond donors (Lipinski definition) is 1. The van der Waals surface area contributed by atoms with E-state index in [-0.39, 0.29) is 11.2 Å². The molecule has 1 heterocycles. The van der Waals surface area contributed by atoms with E-state index in [4.69, 9.17) is 4.74 Å². The topological polar surface area (TPSA) is 21.3 Å². The Bertz CT molecular complexity index is 405. The lowest BCUT2D eigenvalue weighted by atomic mass is 9.87. The molecule has 2 nitrogen and oxygen atoms in total. The maximum Gasteiger partial charge on any atom is 0.165 e. The van der Waals surface area contributed by atoms with Crippen LogP contribution in [0.5, 0.6) is 5.75 Å². The highest BCUT2D eigenvalue weighted by Gasteiger charge is 2.18. The van der Waals surface area contributed by atoms with Crippen molar-refractivity contribution in [1.29, 1.82) is 0 Å². The molecule has 0 bridgehead atoms. The zero-order chi connectivity index (χ0) is 13.2. The predicted octanol–water partition coefficient (Wildman–Crippen LogP) is 3.25. The smallest absolute Gasteiger partial charge is 0.165 e. The molecule has 1 aromatic rings. The summed E-state index contributed by atoms with van der Waals surface area (Å²) >= 11 is 0. The minimum Gasteiger partial charge on any atom is -0.489 e. The van der Waals surface area contributed by atoms with E-state index in [2.05, 4.69) is 26.1 Å². The molecule has 1 N–H and O–H groups in total. The van der Waals surface area contributed by atoms with Gasteiger partial charge >= 0.3 is 0 Å². The lowest BCUT2D eigenvalue weighted by Crippen LogP contribution is -2.28. The van der Waals surface area contributed by atoms with Crippen LogP contribution in [0.1, 0.15) is 39.2 Å². The Kier molecular flexibility index (Phi) is 3.91. The molecule has 100 valence electrons. The summed E-state index contributed by atoms with van der Waals surface area (Å²) in [4.78, 5) is 0. The zero-order valence-corrected chi connectivity index (χ0v) is 11.4. The molecule has 0 unspecified atom stereocenters. The van der Waals surface area contributed by atoms with Gasteiger partial charge in [-0.1, -0.05) is 26.8 Å². The zero-order valence-electron chi connectivity index (χ0n) is 11.4. The highest BCUT2D eigenvalue weighted by Crippen LogP contribution is 2.28. The van der Waals surface area contributed by atoms with Crippen molar-refractivity contribution in [3.05, 3.63) is 29.6 Å². The number of benzene rings is 1. The van der Waals surface area contributed by atoms with Crippen molar-refractivity contribution in [2.24, 2.45) is 0 Å². The van der Waals surface area contributed by atoms with Crippen LogP contribution in [0.15, 0.2) is 18.2 Å². The Morgan fingerprint density at radius 1 is 1.39 bits per heavy atom. The van der Waals surface area contributed by atoms with Crippen molar-refractivity contribution in [3.8, 4) is 5.75 Å². The first-order valence-corrected chi connectivity index (χ1v) is 6.63. The van der Waals surface area contributed by atoms with Gasteiger partial charge in [-0.25, -0.2) is 4.39 Å². The molecule has 0 saturated carbocycles. The average Bonchev–Trinajstić information content (AvgIpc) is 2.79. The first-order chi connectivity index (χ1) is 8.47. The molecule has 1 aliphatic rings. The molecule has 3 heteroatoms. The highest BCUT2D eigenvalue weighted by atomic mass is 19.1. The molecule has 18 heavy (non-hydrogen) atoms. The Labute approximate surface area is 109 Å². The van der Waals surface area contributed by atoms with Gasteiger partial charge in [0.25, 0.3) is 0 Å². The Morgan fingerprint density at radius 3 is 2.78 bits per heavy atom. The molecular formula is C15H22FNO. The molecule has 1 atom stereocenters. The number of nitrogens with one attached hydrogen (secondary N) is 1.